The number of hydrogen-bond acceptors (Lipinski definition) is 3. The van der Waals surface area contributed by atoms with E-state index in [9.17, 15) is 0 Å². The summed E-state index contributed by atoms with van der Waals surface area (Å²) in [5.41, 5.74) is 9.33. The molecule has 1 heterocycles. The summed E-state index contributed by atoms with van der Waals surface area (Å²) in [7, 11) is 1.65. The third kappa shape index (κ3) is 2.31. The van der Waals surface area contributed by atoms with Crippen molar-refractivity contribution in [3.63, 3.8) is 0 Å². The van der Waals surface area contributed by atoms with Crippen LogP contribution < -0.4 is 10.5 Å². The number of rotatable bonds is 3. The summed E-state index contributed by atoms with van der Waals surface area (Å²) >= 11 is 3.52. The molecule has 0 aliphatic rings. The Labute approximate surface area is 115 Å². The van der Waals surface area contributed by atoms with E-state index in [2.05, 4.69) is 15.9 Å². The fourth-order valence-electron chi connectivity index (χ4n) is 1.98. The van der Waals surface area contributed by atoms with Gasteiger partial charge in [0.2, 0.25) is 0 Å². The molecule has 1 aromatic carbocycles. The lowest BCUT2D eigenvalue weighted by molar-refractivity contribution is 0.407. The summed E-state index contributed by atoms with van der Waals surface area (Å²) in [5.74, 6) is 1.63. The summed E-state index contributed by atoms with van der Waals surface area (Å²) in [6.45, 7) is 3.93. The van der Waals surface area contributed by atoms with Crippen LogP contribution in [-0.4, -0.2) is 7.11 Å². The molecule has 18 heavy (non-hydrogen) atoms. The first-order valence-corrected chi connectivity index (χ1v) is 6.47. The van der Waals surface area contributed by atoms with E-state index < -0.39 is 0 Å². The first-order valence-electron chi connectivity index (χ1n) is 5.68. The molecule has 1 unspecified atom stereocenters. The van der Waals surface area contributed by atoms with Crippen LogP contribution in [0.3, 0.4) is 0 Å². The van der Waals surface area contributed by atoms with Crippen LogP contribution in [0.2, 0.25) is 0 Å². The van der Waals surface area contributed by atoms with Gasteiger partial charge in [0.15, 0.2) is 0 Å². The minimum atomic E-state index is -0.254. The second-order valence-electron chi connectivity index (χ2n) is 4.25. The maximum absolute atomic E-state index is 6.30. The van der Waals surface area contributed by atoms with Crippen LogP contribution in [-0.2, 0) is 0 Å². The summed E-state index contributed by atoms with van der Waals surface area (Å²) in [5, 5.41) is 0. The van der Waals surface area contributed by atoms with Crippen molar-refractivity contribution in [1.82, 2.24) is 0 Å². The third-order valence-corrected chi connectivity index (χ3v) is 3.93. The average Bonchev–Trinajstić information content (AvgIpc) is 2.77. The largest absolute Gasteiger partial charge is 0.496 e. The van der Waals surface area contributed by atoms with E-state index in [4.69, 9.17) is 14.9 Å². The predicted molar refractivity (Wildman–Crippen MR) is 74.9 cm³/mol. The summed E-state index contributed by atoms with van der Waals surface area (Å²) in [4.78, 5) is 0. The van der Waals surface area contributed by atoms with Gasteiger partial charge in [-0.3, -0.25) is 0 Å². The Morgan fingerprint density at radius 2 is 2.00 bits per heavy atom. The number of methoxy groups -OCH3 is 1. The maximum Gasteiger partial charge on any atom is 0.124 e. The molecule has 2 N–H and O–H groups in total. The number of ether oxygens (including phenoxy) is 1. The zero-order valence-corrected chi connectivity index (χ0v) is 12.2. The fraction of sp³-hybridized carbons (Fsp3) is 0.286. The van der Waals surface area contributed by atoms with E-state index in [0.29, 0.717) is 0 Å². The monoisotopic (exact) mass is 309 g/mol. The van der Waals surface area contributed by atoms with Crippen LogP contribution in [0.15, 0.2) is 33.4 Å². The molecule has 4 heteroatoms. The highest BCUT2D eigenvalue weighted by atomic mass is 79.9. The normalized spacial score (nSPS) is 12.5. The molecular weight excluding hydrogens is 294 g/mol. The minimum absolute atomic E-state index is 0.254. The lowest BCUT2D eigenvalue weighted by atomic mass is 9.98. The van der Waals surface area contributed by atoms with Gasteiger partial charge in [-0.1, -0.05) is 15.9 Å². The van der Waals surface area contributed by atoms with Crippen molar-refractivity contribution in [3.05, 3.63) is 51.4 Å². The Balaban J connectivity index is 2.50. The van der Waals surface area contributed by atoms with Gasteiger partial charge in [0.05, 0.1) is 19.4 Å². The average molecular weight is 310 g/mol. The molecule has 0 saturated carbocycles. The van der Waals surface area contributed by atoms with Crippen molar-refractivity contribution in [3.8, 4) is 5.75 Å². The Bertz CT molecular complexity index is 563. The predicted octanol–water partition coefficient (Wildman–Crippen LogP) is 3.72. The van der Waals surface area contributed by atoms with Crippen LogP contribution in [0.5, 0.6) is 5.75 Å². The van der Waals surface area contributed by atoms with E-state index in [1.54, 1.807) is 13.4 Å². The van der Waals surface area contributed by atoms with Crippen LogP contribution >= 0.6 is 15.9 Å². The highest BCUT2D eigenvalue weighted by Crippen LogP contribution is 2.34. The zero-order valence-electron chi connectivity index (χ0n) is 10.7. The SMILES string of the molecule is COc1cc(C)c(Br)cc1C(N)c1ccoc1C. The van der Waals surface area contributed by atoms with E-state index in [1.807, 2.05) is 32.0 Å². The highest BCUT2D eigenvalue weighted by molar-refractivity contribution is 9.10. The van der Waals surface area contributed by atoms with Gasteiger partial charge in [0.1, 0.15) is 11.5 Å². The highest BCUT2D eigenvalue weighted by Gasteiger charge is 2.18. The molecule has 96 valence electrons. The van der Waals surface area contributed by atoms with Crippen molar-refractivity contribution >= 4 is 15.9 Å². The molecule has 3 nitrogen and oxygen atoms in total. The summed E-state index contributed by atoms with van der Waals surface area (Å²) in [6, 6.07) is 5.63. The van der Waals surface area contributed by atoms with Crippen molar-refractivity contribution < 1.29 is 9.15 Å². The van der Waals surface area contributed by atoms with Gasteiger partial charge in [-0.05, 0) is 37.6 Å². The molecule has 0 spiro atoms. The number of aryl methyl sites for hydroxylation is 2. The van der Waals surface area contributed by atoms with Crippen LogP contribution in [0.4, 0.5) is 0 Å². The molecule has 0 bridgehead atoms. The van der Waals surface area contributed by atoms with E-state index >= 15 is 0 Å². The standard InChI is InChI=1S/C14H16BrNO2/c1-8-6-13(17-3)11(7-12(8)15)14(16)10-4-5-18-9(10)2/h4-7,14H,16H2,1-3H3. The molecule has 0 saturated heterocycles. The summed E-state index contributed by atoms with van der Waals surface area (Å²) < 4.78 is 11.7. The van der Waals surface area contributed by atoms with E-state index in [1.165, 1.54) is 0 Å². The number of nitrogens with two attached hydrogens (primary N) is 1. The molecule has 0 radical (unpaired) electrons. The summed E-state index contributed by atoms with van der Waals surface area (Å²) in [6.07, 6.45) is 1.65. The number of halogens is 1. The van der Waals surface area contributed by atoms with Gasteiger partial charge in [-0.25, -0.2) is 0 Å². The van der Waals surface area contributed by atoms with Crippen molar-refractivity contribution in [2.45, 2.75) is 19.9 Å². The minimum Gasteiger partial charge on any atom is -0.496 e. The Morgan fingerprint density at radius 3 is 2.56 bits per heavy atom. The fourth-order valence-corrected chi connectivity index (χ4v) is 2.34. The first-order chi connectivity index (χ1) is 8.54. The zero-order chi connectivity index (χ0) is 13.3. The smallest absolute Gasteiger partial charge is 0.124 e. The Kier molecular flexibility index (Phi) is 3.78. The molecule has 0 fully saturated rings. The molecule has 2 aromatic rings. The molecule has 0 aliphatic carbocycles. The molecule has 1 aromatic heterocycles. The molecular formula is C14H16BrNO2. The second-order valence-corrected chi connectivity index (χ2v) is 5.11. The van der Waals surface area contributed by atoms with Gasteiger partial charge in [-0.15, -0.1) is 0 Å². The van der Waals surface area contributed by atoms with Crippen molar-refractivity contribution in [2.75, 3.05) is 7.11 Å². The molecule has 0 aliphatic heterocycles. The van der Waals surface area contributed by atoms with Crippen molar-refractivity contribution in [1.29, 1.82) is 0 Å². The van der Waals surface area contributed by atoms with Crippen LogP contribution in [0.25, 0.3) is 0 Å². The first kappa shape index (κ1) is 13.2. The Morgan fingerprint density at radius 1 is 1.28 bits per heavy atom. The number of benzene rings is 1. The lowest BCUT2D eigenvalue weighted by Crippen LogP contribution is -2.13. The van der Waals surface area contributed by atoms with E-state index in [0.717, 1.165) is 32.7 Å². The van der Waals surface area contributed by atoms with E-state index in [-0.39, 0.29) is 6.04 Å². The van der Waals surface area contributed by atoms with Gasteiger partial charge < -0.3 is 14.9 Å². The molecule has 2 rings (SSSR count). The quantitative estimate of drug-likeness (QED) is 0.940. The molecule has 0 amide bonds. The van der Waals surface area contributed by atoms with Crippen LogP contribution in [0.1, 0.15) is 28.5 Å². The van der Waals surface area contributed by atoms with Gasteiger partial charge in [0, 0.05) is 15.6 Å². The van der Waals surface area contributed by atoms with Gasteiger partial charge in [0.25, 0.3) is 0 Å². The van der Waals surface area contributed by atoms with Crippen molar-refractivity contribution in [2.24, 2.45) is 5.73 Å². The van der Waals surface area contributed by atoms with Gasteiger partial charge in [-0.2, -0.15) is 0 Å². The van der Waals surface area contributed by atoms with Crippen LogP contribution in [0, 0.1) is 13.8 Å². The van der Waals surface area contributed by atoms with Gasteiger partial charge >= 0.3 is 0 Å². The topological polar surface area (TPSA) is 48.4 Å². The number of hydrogen-bond donors (Lipinski definition) is 1. The maximum atomic E-state index is 6.30. The molecule has 1 atom stereocenters. The lowest BCUT2D eigenvalue weighted by Gasteiger charge is -2.17. The second kappa shape index (κ2) is 5.16. The Hall–Kier alpha value is -1.26. The third-order valence-electron chi connectivity index (χ3n) is 3.08. The number of furan rings is 1.